The van der Waals surface area contributed by atoms with E-state index in [0.717, 1.165) is 16.1 Å². The zero-order valence-electron chi connectivity index (χ0n) is 10.8. The summed E-state index contributed by atoms with van der Waals surface area (Å²) in [6.45, 7) is 1.98. The molecule has 5 heteroatoms. The van der Waals surface area contributed by atoms with Crippen LogP contribution in [0.3, 0.4) is 0 Å². The van der Waals surface area contributed by atoms with Crippen LogP contribution in [0.5, 0.6) is 0 Å². The maximum atomic E-state index is 12.0. The van der Waals surface area contributed by atoms with E-state index in [-0.39, 0.29) is 5.91 Å². The van der Waals surface area contributed by atoms with Crippen LogP contribution >= 0.6 is 22.7 Å². The summed E-state index contributed by atoms with van der Waals surface area (Å²) in [5.74, 6) is -0.0999. The third-order valence-corrected chi connectivity index (χ3v) is 4.52. The molecule has 0 aliphatic heterocycles. The summed E-state index contributed by atoms with van der Waals surface area (Å²) in [5.41, 5.74) is 1.93. The Morgan fingerprint density at radius 2 is 1.95 bits per heavy atom. The van der Waals surface area contributed by atoms with Gasteiger partial charge in [-0.25, -0.2) is 4.98 Å². The van der Waals surface area contributed by atoms with Gasteiger partial charge in [0.1, 0.15) is 0 Å². The smallest absolute Gasteiger partial charge is 0.267 e. The van der Waals surface area contributed by atoms with Crippen LogP contribution in [0.4, 0.5) is 5.13 Å². The van der Waals surface area contributed by atoms with Crippen LogP contribution in [0.15, 0.2) is 47.8 Å². The molecule has 0 saturated heterocycles. The lowest BCUT2D eigenvalue weighted by molar-refractivity contribution is 0.103. The second kappa shape index (κ2) is 5.56. The molecule has 0 fully saturated rings. The first-order valence-electron chi connectivity index (χ1n) is 6.11. The van der Waals surface area contributed by atoms with E-state index in [0.29, 0.717) is 10.0 Å². The molecule has 1 N–H and O–H groups in total. The number of thiophene rings is 1. The minimum atomic E-state index is -0.0999. The van der Waals surface area contributed by atoms with Gasteiger partial charge in [0.15, 0.2) is 5.13 Å². The van der Waals surface area contributed by atoms with Crippen LogP contribution in [-0.4, -0.2) is 10.9 Å². The van der Waals surface area contributed by atoms with Gasteiger partial charge in [0.2, 0.25) is 0 Å². The van der Waals surface area contributed by atoms with Crippen molar-refractivity contribution < 1.29 is 4.79 Å². The van der Waals surface area contributed by atoms with Crippen LogP contribution in [0.2, 0.25) is 0 Å². The van der Waals surface area contributed by atoms with Crippen molar-refractivity contribution >= 4 is 33.7 Å². The van der Waals surface area contributed by atoms with E-state index in [1.807, 2.05) is 54.8 Å². The lowest BCUT2D eigenvalue weighted by Crippen LogP contribution is -2.09. The molecule has 0 radical (unpaired) electrons. The van der Waals surface area contributed by atoms with Gasteiger partial charge in [-0.15, -0.1) is 22.7 Å². The van der Waals surface area contributed by atoms with Gasteiger partial charge in [-0.05, 0) is 19.1 Å². The topological polar surface area (TPSA) is 42.0 Å². The molecule has 100 valence electrons. The van der Waals surface area contributed by atoms with E-state index in [9.17, 15) is 4.79 Å². The molecule has 3 aromatic rings. The quantitative estimate of drug-likeness (QED) is 0.777. The number of amides is 1. The van der Waals surface area contributed by atoms with Crippen molar-refractivity contribution in [3.05, 3.63) is 57.6 Å². The minimum absolute atomic E-state index is 0.0999. The Morgan fingerprint density at radius 3 is 2.65 bits per heavy atom. The summed E-state index contributed by atoms with van der Waals surface area (Å²) in [6, 6.07) is 13.7. The van der Waals surface area contributed by atoms with E-state index in [2.05, 4.69) is 10.3 Å². The first-order valence-corrected chi connectivity index (χ1v) is 7.81. The molecule has 0 bridgehead atoms. The molecule has 0 aliphatic rings. The zero-order chi connectivity index (χ0) is 13.9. The highest BCUT2D eigenvalue weighted by Gasteiger charge is 2.11. The Labute approximate surface area is 124 Å². The zero-order valence-corrected chi connectivity index (χ0v) is 12.4. The number of carbonyl (C=O) groups excluding carboxylic acids is 1. The Hall–Kier alpha value is -1.98. The van der Waals surface area contributed by atoms with Crippen LogP contribution in [0, 0.1) is 6.92 Å². The number of aromatic nitrogens is 1. The molecule has 0 spiro atoms. The summed E-state index contributed by atoms with van der Waals surface area (Å²) in [7, 11) is 0. The molecule has 3 rings (SSSR count). The van der Waals surface area contributed by atoms with Crippen molar-refractivity contribution in [1.29, 1.82) is 0 Å². The standard InChI is InChI=1S/C15H12N2OS2/c1-10-7-8-13(20-10)14(18)17-15-16-12(9-19-15)11-5-3-2-4-6-11/h2-9H,1H3,(H,16,17,18). The fraction of sp³-hybridized carbons (Fsp3) is 0.0667. The molecule has 1 amide bonds. The average Bonchev–Trinajstić information content (AvgIpc) is 3.09. The normalized spacial score (nSPS) is 10.4. The monoisotopic (exact) mass is 300 g/mol. The lowest BCUT2D eigenvalue weighted by Gasteiger charge is -1.98. The van der Waals surface area contributed by atoms with E-state index in [1.165, 1.54) is 22.7 Å². The van der Waals surface area contributed by atoms with Crippen molar-refractivity contribution in [3.8, 4) is 11.3 Å². The van der Waals surface area contributed by atoms with Crippen LogP contribution in [0.1, 0.15) is 14.5 Å². The number of hydrogen-bond acceptors (Lipinski definition) is 4. The van der Waals surface area contributed by atoms with E-state index in [4.69, 9.17) is 0 Å². The molecule has 0 saturated carbocycles. The average molecular weight is 300 g/mol. The molecule has 3 nitrogen and oxygen atoms in total. The van der Waals surface area contributed by atoms with E-state index >= 15 is 0 Å². The van der Waals surface area contributed by atoms with E-state index < -0.39 is 0 Å². The SMILES string of the molecule is Cc1ccc(C(=O)Nc2nc(-c3ccccc3)cs2)s1. The molecule has 2 aromatic heterocycles. The number of thiazole rings is 1. The summed E-state index contributed by atoms with van der Waals surface area (Å²) >= 11 is 2.92. The van der Waals surface area contributed by atoms with Crippen molar-refractivity contribution in [3.63, 3.8) is 0 Å². The van der Waals surface area contributed by atoms with Crippen LogP contribution < -0.4 is 5.32 Å². The Morgan fingerprint density at radius 1 is 1.15 bits per heavy atom. The largest absolute Gasteiger partial charge is 0.297 e. The number of nitrogens with zero attached hydrogens (tertiary/aromatic N) is 1. The Balaban J connectivity index is 1.76. The van der Waals surface area contributed by atoms with Gasteiger partial charge in [-0.2, -0.15) is 0 Å². The van der Waals surface area contributed by atoms with Gasteiger partial charge >= 0.3 is 0 Å². The maximum absolute atomic E-state index is 12.0. The van der Waals surface area contributed by atoms with Crippen LogP contribution in [0.25, 0.3) is 11.3 Å². The number of nitrogens with one attached hydrogen (secondary N) is 1. The van der Waals surface area contributed by atoms with Gasteiger partial charge in [0.25, 0.3) is 5.91 Å². The van der Waals surface area contributed by atoms with Gasteiger partial charge in [0.05, 0.1) is 10.6 Å². The summed E-state index contributed by atoms with van der Waals surface area (Å²) in [5, 5.41) is 5.41. The summed E-state index contributed by atoms with van der Waals surface area (Å²) in [4.78, 5) is 18.3. The summed E-state index contributed by atoms with van der Waals surface area (Å²) < 4.78 is 0. The van der Waals surface area contributed by atoms with Gasteiger partial charge in [-0.1, -0.05) is 30.3 Å². The van der Waals surface area contributed by atoms with Crippen molar-refractivity contribution in [1.82, 2.24) is 4.98 Å². The highest BCUT2D eigenvalue weighted by atomic mass is 32.1. The van der Waals surface area contributed by atoms with Gasteiger partial charge < -0.3 is 0 Å². The molecular formula is C15H12N2OS2. The van der Waals surface area contributed by atoms with Crippen molar-refractivity contribution in [2.75, 3.05) is 5.32 Å². The summed E-state index contributed by atoms with van der Waals surface area (Å²) in [6.07, 6.45) is 0. The predicted octanol–water partition coefficient (Wildman–Crippen LogP) is 4.43. The van der Waals surface area contributed by atoms with Crippen molar-refractivity contribution in [2.45, 2.75) is 6.92 Å². The molecule has 1 aromatic carbocycles. The first kappa shape index (κ1) is 13.0. The Bertz CT molecular complexity index is 731. The minimum Gasteiger partial charge on any atom is -0.297 e. The third-order valence-electron chi connectivity index (χ3n) is 2.76. The molecular weight excluding hydrogens is 288 g/mol. The van der Waals surface area contributed by atoms with Gasteiger partial charge in [0, 0.05) is 15.8 Å². The molecule has 0 aliphatic carbocycles. The third kappa shape index (κ3) is 2.79. The number of rotatable bonds is 3. The first-order chi connectivity index (χ1) is 9.72. The fourth-order valence-electron chi connectivity index (χ4n) is 1.79. The highest BCUT2D eigenvalue weighted by molar-refractivity contribution is 7.15. The number of aryl methyl sites for hydroxylation is 1. The molecule has 2 heterocycles. The maximum Gasteiger partial charge on any atom is 0.267 e. The number of benzene rings is 1. The highest BCUT2D eigenvalue weighted by Crippen LogP contribution is 2.25. The molecule has 0 unspecified atom stereocenters. The Kier molecular flexibility index (Phi) is 3.62. The van der Waals surface area contributed by atoms with Crippen LogP contribution in [-0.2, 0) is 0 Å². The van der Waals surface area contributed by atoms with E-state index in [1.54, 1.807) is 0 Å². The second-order valence-corrected chi connectivity index (χ2v) is 6.41. The number of hydrogen-bond donors (Lipinski definition) is 1. The van der Waals surface area contributed by atoms with Gasteiger partial charge in [-0.3, -0.25) is 10.1 Å². The number of carbonyl (C=O) groups is 1. The molecule has 20 heavy (non-hydrogen) atoms. The lowest BCUT2D eigenvalue weighted by atomic mass is 10.2. The number of anilines is 1. The second-order valence-electron chi connectivity index (χ2n) is 4.27. The van der Waals surface area contributed by atoms with Crippen molar-refractivity contribution in [2.24, 2.45) is 0 Å². The predicted molar refractivity (Wildman–Crippen MR) is 84.6 cm³/mol. The molecule has 0 atom stereocenters. The fourth-order valence-corrected chi connectivity index (χ4v) is 3.27.